The van der Waals surface area contributed by atoms with Crippen molar-refractivity contribution in [3.05, 3.63) is 0 Å². The summed E-state index contributed by atoms with van der Waals surface area (Å²) < 4.78 is 26.4. The minimum absolute atomic E-state index is 0. The fourth-order valence-electron chi connectivity index (χ4n) is 0.377. The van der Waals surface area contributed by atoms with E-state index in [4.69, 9.17) is 15.0 Å². The molecular weight excluding hydrogens is 213 g/mol. The summed E-state index contributed by atoms with van der Waals surface area (Å²) >= 11 is 0. The Morgan fingerprint density at radius 1 is 1.62 bits per heavy atom. The largest absolute Gasteiger partial charge is 1.00 e. The summed E-state index contributed by atoms with van der Waals surface area (Å²) in [6.45, 7) is 4.22. The molecule has 0 fully saturated rings. The first-order valence-corrected chi connectivity index (χ1v) is 4.97. The number of carbonyl (C=O) groups is 1. The van der Waals surface area contributed by atoms with Gasteiger partial charge in [0, 0.05) is 6.66 Å². The van der Waals surface area contributed by atoms with Crippen LogP contribution in [0.2, 0.25) is 0 Å². The summed E-state index contributed by atoms with van der Waals surface area (Å²) in [6, 6.07) is 0. The predicted octanol–water partition coefficient (Wildman–Crippen LogP) is -1.90. The first kappa shape index (κ1) is 19.0. The maximum Gasteiger partial charge on any atom is 1.00 e. The fourth-order valence-corrected chi connectivity index (χ4v) is 1.13. The van der Waals surface area contributed by atoms with Crippen LogP contribution in [0.15, 0.2) is 0 Å². The van der Waals surface area contributed by atoms with Crippen LogP contribution in [0.1, 0.15) is 13.8 Å². The van der Waals surface area contributed by atoms with E-state index in [1.54, 1.807) is 13.8 Å². The zero-order valence-electron chi connectivity index (χ0n) is 7.98. The summed E-state index contributed by atoms with van der Waals surface area (Å²) in [5.41, 5.74) is 0. The molecule has 0 aromatic carbocycles. The van der Waals surface area contributed by atoms with Gasteiger partial charge in [-0.1, -0.05) is 0 Å². The zero-order valence-corrected chi connectivity index (χ0v) is 10.9. The average Bonchev–Trinajstić information content (AvgIpc) is 1.52. The van der Waals surface area contributed by atoms with Gasteiger partial charge in [0.05, 0.1) is 6.10 Å². The smallest absolute Gasteiger partial charge is 0.565 e. The van der Waals surface area contributed by atoms with Crippen LogP contribution in [0, 0.1) is 0 Å². The number of hydrogen-bond acceptors (Lipinski definition) is 4. The van der Waals surface area contributed by atoms with Crippen LogP contribution in [0.25, 0.3) is 0 Å². The molecule has 1 N–H and O–H groups in total. The molecule has 74 valence electrons. The van der Waals surface area contributed by atoms with Crippen molar-refractivity contribution >= 4 is 13.8 Å². The molecule has 0 rings (SSSR count). The molecule has 0 radical (unpaired) electrons. The number of rotatable bonds is 2. The van der Waals surface area contributed by atoms with Crippen molar-refractivity contribution in [3.63, 3.8) is 0 Å². The second kappa shape index (κ2) is 8.97. The van der Waals surface area contributed by atoms with E-state index >= 15 is 0 Å². The molecule has 0 aromatic rings. The van der Waals surface area contributed by atoms with Crippen molar-refractivity contribution in [2.24, 2.45) is 0 Å². The second-order valence-corrected chi connectivity index (χ2v) is 3.87. The maximum atomic E-state index is 12.0. The van der Waals surface area contributed by atoms with E-state index in [9.17, 15) is 8.76 Å². The van der Waals surface area contributed by atoms with Gasteiger partial charge in [0.25, 0.3) is 0 Å². The third kappa shape index (κ3) is 46.0. The van der Waals surface area contributed by atoms with E-state index < -0.39 is 13.8 Å². The van der Waals surface area contributed by atoms with E-state index in [1.807, 2.05) is 0 Å². The third-order valence-electron chi connectivity index (χ3n) is 0.399. The van der Waals surface area contributed by atoms with Crippen molar-refractivity contribution in [2.75, 3.05) is 6.66 Å². The van der Waals surface area contributed by atoms with Crippen LogP contribution in [-0.2, 0) is 9.09 Å². The Hall–Kier alpha value is 0.390. The fraction of sp³-hybridized carbons (Fsp3) is 0.800. The standard InChI is InChI=1S/C4H10FO2P.CH2O3.Na/c1-4(2)7-8(3,5)6;2-1(3)4;/h4H,1-3H3;(H2,2,3,4);/q;;+1/p-1. The van der Waals surface area contributed by atoms with Gasteiger partial charge in [-0.3, -0.25) is 4.57 Å². The molecule has 13 heavy (non-hydrogen) atoms. The number of carboxylic acid groups (broad SMARTS) is 2. The van der Waals surface area contributed by atoms with Gasteiger partial charge in [-0.2, -0.15) is 4.20 Å². The summed E-state index contributed by atoms with van der Waals surface area (Å²) in [7, 11) is -3.72. The number of hydrogen-bond donors (Lipinski definition) is 1. The van der Waals surface area contributed by atoms with Gasteiger partial charge < -0.3 is 19.5 Å². The molecule has 0 saturated heterocycles. The monoisotopic (exact) mass is 224 g/mol. The van der Waals surface area contributed by atoms with E-state index in [0.717, 1.165) is 6.66 Å². The molecule has 1 atom stereocenters. The normalized spacial score (nSPS) is 13.3. The molecule has 0 spiro atoms. The summed E-state index contributed by atoms with van der Waals surface area (Å²) in [6.07, 6.45) is -2.38. The molecule has 0 amide bonds. The molecule has 1 unspecified atom stereocenters. The molecule has 0 aromatic heterocycles. The SMILES string of the molecule is CC(C)OP(C)(=O)F.O=C([O-])O.[Na+]. The predicted molar refractivity (Wildman–Crippen MR) is 38.9 cm³/mol. The van der Waals surface area contributed by atoms with Crippen molar-refractivity contribution < 1.29 is 57.9 Å². The molecular formula is C5H11FNaO5P. The topological polar surface area (TPSA) is 86.7 Å². The van der Waals surface area contributed by atoms with Gasteiger partial charge in [0.1, 0.15) is 0 Å². The molecule has 0 aliphatic rings. The van der Waals surface area contributed by atoms with Gasteiger partial charge in [0.15, 0.2) is 0 Å². The Labute approximate surface area is 98.1 Å². The Kier molecular flexibility index (Phi) is 13.1. The van der Waals surface area contributed by atoms with Crippen LogP contribution in [0.5, 0.6) is 0 Å². The minimum Gasteiger partial charge on any atom is -0.565 e. The van der Waals surface area contributed by atoms with E-state index in [0.29, 0.717) is 0 Å². The first-order valence-electron chi connectivity index (χ1n) is 3.00. The van der Waals surface area contributed by atoms with Crippen LogP contribution < -0.4 is 34.7 Å². The molecule has 0 bridgehead atoms. The Morgan fingerprint density at radius 2 is 1.85 bits per heavy atom. The van der Waals surface area contributed by atoms with Crippen LogP contribution in [0.3, 0.4) is 0 Å². The summed E-state index contributed by atoms with van der Waals surface area (Å²) in [4.78, 5) is 8.44. The summed E-state index contributed by atoms with van der Waals surface area (Å²) in [5.74, 6) is 0. The molecule has 8 heteroatoms. The van der Waals surface area contributed by atoms with Crippen molar-refractivity contribution in [1.82, 2.24) is 0 Å². The van der Waals surface area contributed by atoms with E-state index in [-0.39, 0.29) is 35.7 Å². The van der Waals surface area contributed by atoms with Gasteiger partial charge in [-0.25, -0.2) is 0 Å². The van der Waals surface area contributed by atoms with Crippen molar-refractivity contribution in [1.29, 1.82) is 0 Å². The zero-order chi connectivity index (χ0) is 10.4. The van der Waals surface area contributed by atoms with Crippen molar-refractivity contribution in [3.8, 4) is 0 Å². The number of halogens is 1. The second-order valence-electron chi connectivity index (χ2n) is 2.17. The van der Waals surface area contributed by atoms with E-state index in [2.05, 4.69) is 4.52 Å². The third-order valence-corrected chi connectivity index (χ3v) is 1.20. The quantitative estimate of drug-likeness (QED) is 0.437. The molecule has 0 aliphatic carbocycles. The minimum atomic E-state index is -3.72. The molecule has 0 saturated carbocycles. The maximum absolute atomic E-state index is 12.0. The Morgan fingerprint density at radius 3 is 1.85 bits per heavy atom. The first-order chi connectivity index (χ1) is 5.15. The average molecular weight is 224 g/mol. The molecule has 0 aliphatic heterocycles. The van der Waals surface area contributed by atoms with Crippen LogP contribution >= 0.6 is 7.68 Å². The Bertz CT molecular complexity index is 176. The van der Waals surface area contributed by atoms with Crippen LogP contribution in [0.4, 0.5) is 8.99 Å². The van der Waals surface area contributed by atoms with Crippen LogP contribution in [-0.4, -0.2) is 24.0 Å². The van der Waals surface area contributed by atoms with Gasteiger partial charge in [-0.05, 0) is 13.8 Å². The van der Waals surface area contributed by atoms with E-state index in [1.165, 1.54) is 0 Å². The molecule has 5 nitrogen and oxygen atoms in total. The summed E-state index contributed by atoms with van der Waals surface area (Å²) in [5, 5.41) is 15.3. The van der Waals surface area contributed by atoms with Gasteiger partial charge in [0.2, 0.25) is 6.16 Å². The molecule has 0 heterocycles. The van der Waals surface area contributed by atoms with Gasteiger partial charge in [-0.15, -0.1) is 0 Å². The van der Waals surface area contributed by atoms with Gasteiger partial charge >= 0.3 is 37.2 Å². The Balaban J connectivity index is -0.000000173. The van der Waals surface area contributed by atoms with Crippen molar-refractivity contribution in [2.45, 2.75) is 20.0 Å².